The number of hydrogen-bond donors (Lipinski definition) is 2. The Morgan fingerprint density at radius 1 is 1.47 bits per heavy atom. The van der Waals surface area contributed by atoms with Crippen molar-refractivity contribution in [3.8, 4) is 0 Å². The Kier molecular flexibility index (Phi) is 2.59. The minimum Gasteiger partial charge on any atom is -0.398 e. The SMILES string of the molecule is Cc1nc(Sc2cc(F)ccc2N)n[nH]1. The number of rotatable bonds is 2. The second-order valence-corrected chi connectivity index (χ2v) is 4.00. The largest absolute Gasteiger partial charge is 0.398 e. The zero-order valence-electron chi connectivity index (χ0n) is 7.99. The first kappa shape index (κ1) is 9.97. The molecule has 1 aromatic heterocycles. The molecule has 0 fully saturated rings. The van der Waals surface area contributed by atoms with Gasteiger partial charge in [0.25, 0.3) is 0 Å². The van der Waals surface area contributed by atoms with E-state index in [-0.39, 0.29) is 5.82 Å². The van der Waals surface area contributed by atoms with Crippen LogP contribution in [0.1, 0.15) is 5.82 Å². The molecule has 4 nitrogen and oxygen atoms in total. The highest BCUT2D eigenvalue weighted by atomic mass is 32.2. The lowest BCUT2D eigenvalue weighted by molar-refractivity contribution is 0.624. The summed E-state index contributed by atoms with van der Waals surface area (Å²) in [6.07, 6.45) is 0. The summed E-state index contributed by atoms with van der Waals surface area (Å²) in [5.41, 5.74) is 6.21. The molecule has 0 spiro atoms. The van der Waals surface area contributed by atoms with E-state index >= 15 is 0 Å². The van der Waals surface area contributed by atoms with E-state index < -0.39 is 0 Å². The molecule has 0 saturated heterocycles. The number of hydrogen-bond acceptors (Lipinski definition) is 4. The lowest BCUT2D eigenvalue weighted by Crippen LogP contribution is -1.89. The molecular formula is C9H9FN4S. The summed E-state index contributed by atoms with van der Waals surface area (Å²) < 4.78 is 12.9. The summed E-state index contributed by atoms with van der Waals surface area (Å²) in [4.78, 5) is 4.71. The van der Waals surface area contributed by atoms with Gasteiger partial charge in [-0.1, -0.05) is 0 Å². The third kappa shape index (κ3) is 2.27. The van der Waals surface area contributed by atoms with E-state index in [9.17, 15) is 4.39 Å². The van der Waals surface area contributed by atoms with Crippen LogP contribution in [0.4, 0.5) is 10.1 Å². The first-order chi connectivity index (χ1) is 7.15. The van der Waals surface area contributed by atoms with E-state index in [0.717, 1.165) is 0 Å². The van der Waals surface area contributed by atoms with Gasteiger partial charge in [-0.15, -0.1) is 5.10 Å². The van der Waals surface area contributed by atoms with Gasteiger partial charge in [0.2, 0.25) is 5.16 Å². The van der Waals surface area contributed by atoms with Crippen LogP contribution in [-0.4, -0.2) is 15.2 Å². The smallest absolute Gasteiger partial charge is 0.213 e. The van der Waals surface area contributed by atoms with Crippen molar-refractivity contribution in [3.63, 3.8) is 0 Å². The van der Waals surface area contributed by atoms with Crippen molar-refractivity contribution in [2.24, 2.45) is 0 Å². The van der Waals surface area contributed by atoms with Crippen molar-refractivity contribution in [2.45, 2.75) is 17.0 Å². The summed E-state index contributed by atoms with van der Waals surface area (Å²) >= 11 is 1.23. The number of nitrogens with zero attached hydrogens (tertiary/aromatic N) is 2. The fourth-order valence-electron chi connectivity index (χ4n) is 1.06. The van der Waals surface area contributed by atoms with E-state index in [1.807, 2.05) is 0 Å². The summed E-state index contributed by atoms with van der Waals surface area (Å²) in [7, 11) is 0. The van der Waals surface area contributed by atoms with Crippen molar-refractivity contribution in [1.82, 2.24) is 15.2 Å². The predicted octanol–water partition coefficient (Wildman–Crippen LogP) is 1.99. The Balaban J connectivity index is 2.27. The van der Waals surface area contributed by atoms with Crippen LogP contribution in [0, 0.1) is 12.7 Å². The van der Waals surface area contributed by atoms with Crippen LogP contribution in [0.2, 0.25) is 0 Å². The number of nitrogens with two attached hydrogens (primary N) is 1. The monoisotopic (exact) mass is 224 g/mol. The summed E-state index contributed by atoms with van der Waals surface area (Å²) in [6.45, 7) is 1.80. The molecule has 0 atom stereocenters. The van der Waals surface area contributed by atoms with Gasteiger partial charge in [0, 0.05) is 10.6 Å². The first-order valence-electron chi connectivity index (χ1n) is 4.27. The number of aryl methyl sites for hydroxylation is 1. The average Bonchev–Trinajstić information content (AvgIpc) is 2.58. The Bertz CT molecular complexity index is 483. The zero-order valence-corrected chi connectivity index (χ0v) is 8.81. The summed E-state index contributed by atoms with van der Waals surface area (Å²) in [5.74, 6) is 0.395. The first-order valence-corrected chi connectivity index (χ1v) is 5.08. The van der Waals surface area contributed by atoms with Crippen molar-refractivity contribution >= 4 is 17.4 Å². The lowest BCUT2D eigenvalue weighted by atomic mass is 10.3. The molecule has 3 N–H and O–H groups in total. The zero-order chi connectivity index (χ0) is 10.8. The van der Waals surface area contributed by atoms with Crippen molar-refractivity contribution in [1.29, 1.82) is 0 Å². The molecule has 15 heavy (non-hydrogen) atoms. The van der Waals surface area contributed by atoms with Gasteiger partial charge in [0.05, 0.1) is 0 Å². The second kappa shape index (κ2) is 3.90. The highest BCUT2D eigenvalue weighted by molar-refractivity contribution is 7.99. The number of aromatic nitrogens is 3. The van der Waals surface area contributed by atoms with Gasteiger partial charge >= 0.3 is 0 Å². The Labute approximate surface area is 90.1 Å². The number of aromatic amines is 1. The molecule has 78 valence electrons. The van der Waals surface area contributed by atoms with Crippen molar-refractivity contribution in [2.75, 3.05) is 5.73 Å². The maximum absolute atomic E-state index is 12.9. The van der Waals surface area contributed by atoms with Gasteiger partial charge in [-0.25, -0.2) is 9.37 Å². The molecule has 2 aromatic rings. The predicted molar refractivity (Wildman–Crippen MR) is 56.1 cm³/mol. The highest BCUT2D eigenvalue weighted by Crippen LogP contribution is 2.30. The van der Waals surface area contributed by atoms with Crippen LogP contribution in [0.5, 0.6) is 0 Å². The van der Waals surface area contributed by atoms with Crippen molar-refractivity contribution < 1.29 is 4.39 Å². The molecule has 0 amide bonds. The van der Waals surface area contributed by atoms with Crippen LogP contribution in [0.3, 0.4) is 0 Å². The quantitative estimate of drug-likeness (QED) is 0.765. The fraction of sp³-hybridized carbons (Fsp3) is 0.111. The van der Waals surface area contributed by atoms with Gasteiger partial charge in [-0.3, -0.25) is 5.10 Å². The Hall–Kier alpha value is -1.56. The number of halogens is 1. The molecular weight excluding hydrogens is 215 g/mol. The molecule has 0 aliphatic carbocycles. The van der Waals surface area contributed by atoms with Gasteiger partial charge in [0.15, 0.2) is 0 Å². The molecule has 2 rings (SSSR count). The van der Waals surface area contributed by atoms with Crippen LogP contribution in [0.25, 0.3) is 0 Å². The molecule has 0 aliphatic rings. The number of nitrogen functional groups attached to an aromatic ring is 1. The van der Waals surface area contributed by atoms with Gasteiger partial charge in [-0.2, -0.15) is 0 Å². The van der Waals surface area contributed by atoms with Crippen LogP contribution in [0.15, 0.2) is 28.3 Å². The molecule has 6 heteroatoms. The summed E-state index contributed by atoms with van der Waals surface area (Å²) in [5, 5.41) is 7.17. The molecule has 0 saturated carbocycles. The highest BCUT2D eigenvalue weighted by Gasteiger charge is 2.06. The number of anilines is 1. The van der Waals surface area contributed by atoms with Crippen LogP contribution >= 0.6 is 11.8 Å². The molecule has 1 heterocycles. The molecule has 0 aliphatic heterocycles. The third-order valence-electron chi connectivity index (χ3n) is 1.75. The molecule has 0 unspecified atom stereocenters. The van der Waals surface area contributed by atoms with Crippen LogP contribution < -0.4 is 5.73 Å². The number of H-pyrrole nitrogens is 1. The molecule has 1 aromatic carbocycles. The number of benzene rings is 1. The molecule has 0 radical (unpaired) electrons. The maximum Gasteiger partial charge on any atom is 0.213 e. The average molecular weight is 224 g/mol. The maximum atomic E-state index is 12.9. The van der Waals surface area contributed by atoms with Crippen LogP contribution in [-0.2, 0) is 0 Å². The summed E-state index contributed by atoms with van der Waals surface area (Å²) in [6, 6.07) is 4.21. The van der Waals surface area contributed by atoms with E-state index in [1.165, 1.54) is 30.0 Å². The van der Waals surface area contributed by atoms with Gasteiger partial charge in [0.1, 0.15) is 11.6 Å². The van der Waals surface area contributed by atoms with E-state index in [2.05, 4.69) is 15.2 Å². The minimum atomic E-state index is -0.320. The van der Waals surface area contributed by atoms with E-state index in [1.54, 1.807) is 6.92 Å². The topological polar surface area (TPSA) is 67.6 Å². The van der Waals surface area contributed by atoms with Gasteiger partial charge in [-0.05, 0) is 36.9 Å². The standard InChI is InChI=1S/C9H9FN4S/c1-5-12-9(14-13-5)15-8-4-6(10)2-3-7(8)11/h2-4H,11H2,1H3,(H,12,13,14). The lowest BCUT2D eigenvalue weighted by Gasteiger charge is -2.01. The number of nitrogens with one attached hydrogen (secondary N) is 1. The van der Waals surface area contributed by atoms with E-state index in [4.69, 9.17) is 5.73 Å². The third-order valence-corrected chi connectivity index (χ3v) is 2.69. The second-order valence-electron chi connectivity index (χ2n) is 2.99. The Morgan fingerprint density at radius 2 is 2.27 bits per heavy atom. The molecule has 0 bridgehead atoms. The Morgan fingerprint density at radius 3 is 2.93 bits per heavy atom. The fourth-order valence-corrected chi connectivity index (χ4v) is 1.89. The van der Waals surface area contributed by atoms with Crippen molar-refractivity contribution in [3.05, 3.63) is 29.8 Å². The minimum absolute atomic E-state index is 0.320. The van der Waals surface area contributed by atoms with Gasteiger partial charge < -0.3 is 5.73 Å². The van der Waals surface area contributed by atoms with E-state index in [0.29, 0.717) is 21.6 Å². The normalized spacial score (nSPS) is 10.5.